The van der Waals surface area contributed by atoms with Gasteiger partial charge in [0.25, 0.3) is 0 Å². The van der Waals surface area contributed by atoms with Crippen LogP contribution >= 0.6 is 0 Å². The lowest BCUT2D eigenvalue weighted by atomic mass is 9.65. The smallest absolute Gasteiger partial charge is 0.126 e. The van der Waals surface area contributed by atoms with Crippen molar-refractivity contribution >= 4 is 0 Å². The molecule has 2 unspecified atom stereocenters. The van der Waals surface area contributed by atoms with Crippen LogP contribution in [0.3, 0.4) is 0 Å². The summed E-state index contributed by atoms with van der Waals surface area (Å²) in [6.45, 7) is 15.8. The van der Waals surface area contributed by atoms with Crippen molar-refractivity contribution in [2.45, 2.75) is 103 Å². The number of benzene rings is 3. The summed E-state index contributed by atoms with van der Waals surface area (Å²) in [7, 11) is 9.94. The molecule has 9 nitrogen and oxygen atoms in total. The van der Waals surface area contributed by atoms with Crippen LogP contribution in [-0.4, -0.2) is 77.8 Å². The summed E-state index contributed by atoms with van der Waals surface area (Å²) in [5.74, 6) is 0.590. The molecule has 0 aliphatic heterocycles. The Kier molecular flexibility index (Phi) is 17.0. The Bertz CT molecular complexity index is 1480. The van der Waals surface area contributed by atoms with Gasteiger partial charge in [-0.2, -0.15) is 0 Å². The molecule has 0 bridgehead atoms. The minimum absolute atomic E-state index is 0.00293. The van der Waals surface area contributed by atoms with Gasteiger partial charge in [0.15, 0.2) is 0 Å². The third-order valence-electron chi connectivity index (χ3n) is 11.5. The molecule has 0 saturated carbocycles. The fraction of sp³-hybridized carbons (Fsp3) is 0.600. The third-order valence-corrected chi connectivity index (χ3v) is 11.5. The fourth-order valence-electron chi connectivity index (χ4n) is 7.67. The highest BCUT2D eigenvalue weighted by Gasteiger charge is 2.37. The maximum atomic E-state index is 11.1. The molecule has 0 aliphatic rings. The molecule has 2 atom stereocenters. The Morgan fingerprint density at radius 2 is 0.889 bits per heavy atom. The van der Waals surface area contributed by atoms with Gasteiger partial charge in [0.05, 0.1) is 33.0 Å². The molecule has 302 valence electrons. The first-order valence-electron chi connectivity index (χ1n) is 19.0. The van der Waals surface area contributed by atoms with Gasteiger partial charge in [0, 0.05) is 94.9 Å². The minimum atomic E-state index is -0.512. The number of phenolic OH excluding ortho intramolecular Hbond substituents is 2. The van der Waals surface area contributed by atoms with Gasteiger partial charge >= 0.3 is 0 Å². The maximum absolute atomic E-state index is 11.1. The number of methoxy groups -OCH3 is 6. The lowest BCUT2D eigenvalue weighted by Crippen LogP contribution is -2.34. The van der Waals surface area contributed by atoms with Crippen LogP contribution in [-0.2, 0) is 71.1 Å². The maximum Gasteiger partial charge on any atom is 0.126 e. The van der Waals surface area contributed by atoms with Gasteiger partial charge in [-0.3, -0.25) is 0 Å². The van der Waals surface area contributed by atoms with Gasteiger partial charge in [0.1, 0.15) is 11.5 Å². The minimum Gasteiger partial charge on any atom is -0.507 e. The number of rotatable bonds is 23. The standard InChI is InChI=1S/C45H68O9/c1-43(2,35(14-13-15-49-7)16-30(24-46)25-50-8)38-21-39(44(3,4)36-17-31(26-51-9)41(47)32(18-36)27-52-10)23-40(22-38)45(5,6)37-19-33(28-53-11)42(48)34(20-37)29-54-12/h17-23,30,35,46-48H,13-16,24-29H2,1-12H3. The zero-order chi connectivity index (χ0) is 40.3. The molecule has 0 spiro atoms. The molecule has 9 heteroatoms. The normalized spacial score (nSPS) is 13.7. The molecule has 3 aromatic carbocycles. The first-order chi connectivity index (χ1) is 25.6. The highest BCUT2D eigenvalue weighted by molar-refractivity contribution is 5.54. The Balaban J connectivity index is 2.40. The number of hydrogen-bond donors (Lipinski definition) is 3. The SMILES string of the molecule is COCCCC(CC(CO)COC)C(C)(C)c1cc(C(C)(C)c2cc(COC)c(O)c(COC)c2)cc(C(C)(C)c2cc(COC)c(O)c(COC)c2)c1. The van der Waals surface area contributed by atoms with Crippen LogP contribution in [0.1, 0.15) is 111 Å². The second-order valence-corrected chi connectivity index (χ2v) is 16.4. The number of aromatic hydroxyl groups is 2. The zero-order valence-corrected chi connectivity index (χ0v) is 35.1. The topological polar surface area (TPSA) is 116 Å². The van der Waals surface area contributed by atoms with Crippen LogP contribution < -0.4 is 0 Å². The van der Waals surface area contributed by atoms with Crippen molar-refractivity contribution in [1.29, 1.82) is 0 Å². The molecular formula is C45H68O9. The molecule has 0 heterocycles. The van der Waals surface area contributed by atoms with Crippen molar-refractivity contribution in [3.63, 3.8) is 0 Å². The Labute approximate surface area is 324 Å². The first-order valence-corrected chi connectivity index (χ1v) is 19.0. The van der Waals surface area contributed by atoms with Gasteiger partial charge in [-0.1, -0.05) is 59.7 Å². The Morgan fingerprint density at radius 1 is 0.519 bits per heavy atom. The largest absolute Gasteiger partial charge is 0.507 e. The molecular weight excluding hydrogens is 684 g/mol. The molecule has 0 saturated heterocycles. The van der Waals surface area contributed by atoms with Crippen LogP contribution in [0.2, 0.25) is 0 Å². The van der Waals surface area contributed by atoms with E-state index in [0.29, 0.717) is 35.5 Å². The number of aliphatic hydroxyl groups is 1. The van der Waals surface area contributed by atoms with Crippen molar-refractivity contribution in [3.05, 3.63) is 92.5 Å². The molecule has 0 aliphatic carbocycles. The lowest BCUT2D eigenvalue weighted by Gasteiger charge is -2.40. The fourth-order valence-corrected chi connectivity index (χ4v) is 7.67. The van der Waals surface area contributed by atoms with Crippen molar-refractivity contribution in [2.75, 3.05) is 62.5 Å². The summed E-state index contributed by atoms with van der Waals surface area (Å²) in [5, 5.41) is 32.6. The molecule has 54 heavy (non-hydrogen) atoms. The molecule has 0 radical (unpaired) electrons. The van der Waals surface area contributed by atoms with E-state index in [1.54, 1.807) is 42.7 Å². The van der Waals surface area contributed by atoms with E-state index in [1.807, 2.05) is 24.3 Å². The monoisotopic (exact) mass is 752 g/mol. The number of hydrogen-bond acceptors (Lipinski definition) is 9. The predicted octanol–water partition coefficient (Wildman–Crippen LogP) is 8.30. The average Bonchev–Trinajstić information content (AvgIpc) is 3.13. The van der Waals surface area contributed by atoms with Crippen LogP contribution in [0.25, 0.3) is 0 Å². The summed E-state index contributed by atoms with van der Waals surface area (Å²) < 4.78 is 33.1. The summed E-state index contributed by atoms with van der Waals surface area (Å²) in [5.41, 5.74) is 6.98. The molecule has 0 amide bonds. The Hall–Kier alpha value is -3.02. The molecule has 0 fully saturated rings. The van der Waals surface area contributed by atoms with Crippen molar-refractivity contribution < 1.29 is 43.7 Å². The van der Waals surface area contributed by atoms with Crippen LogP contribution in [0.4, 0.5) is 0 Å². The van der Waals surface area contributed by atoms with Gasteiger partial charge in [-0.25, -0.2) is 0 Å². The van der Waals surface area contributed by atoms with E-state index in [4.69, 9.17) is 28.4 Å². The summed E-state index contributed by atoms with van der Waals surface area (Å²) in [6.07, 6.45) is 2.62. The summed E-state index contributed by atoms with van der Waals surface area (Å²) >= 11 is 0. The number of ether oxygens (including phenoxy) is 6. The van der Waals surface area contributed by atoms with Gasteiger partial charge in [-0.05, 0) is 82.7 Å². The molecule has 3 rings (SSSR count). The zero-order valence-electron chi connectivity index (χ0n) is 35.1. The van der Waals surface area contributed by atoms with E-state index in [9.17, 15) is 15.3 Å². The Morgan fingerprint density at radius 3 is 1.22 bits per heavy atom. The highest BCUT2D eigenvalue weighted by atomic mass is 16.5. The molecule has 3 aromatic rings. The summed E-state index contributed by atoms with van der Waals surface area (Å²) in [6, 6.07) is 15.2. The van der Waals surface area contributed by atoms with Gasteiger partial charge in [-0.15, -0.1) is 0 Å². The molecule has 0 aromatic heterocycles. The van der Waals surface area contributed by atoms with Crippen LogP contribution in [0, 0.1) is 11.8 Å². The second kappa shape index (κ2) is 20.2. The van der Waals surface area contributed by atoms with E-state index < -0.39 is 10.8 Å². The highest BCUT2D eigenvalue weighted by Crippen LogP contribution is 2.46. The van der Waals surface area contributed by atoms with Gasteiger partial charge < -0.3 is 43.7 Å². The van der Waals surface area contributed by atoms with Gasteiger partial charge in [0.2, 0.25) is 0 Å². The van der Waals surface area contributed by atoms with Crippen LogP contribution in [0.5, 0.6) is 11.5 Å². The van der Waals surface area contributed by atoms with Crippen molar-refractivity contribution in [1.82, 2.24) is 0 Å². The quantitative estimate of drug-likeness (QED) is 0.0823. The van der Waals surface area contributed by atoms with E-state index in [-0.39, 0.29) is 61.8 Å². The first kappa shape index (κ1) is 45.4. The third kappa shape index (κ3) is 10.6. The van der Waals surface area contributed by atoms with Crippen molar-refractivity contribution in [2.24, 2.45) is 11.8 Å². The van der Waals surface area contributed by atoms with E-state index in [0.717, 1.165) is 41.5 Å². The predicted molar refractivity (Wildman–Crippen MR) is 214 cm³/mol. The number of aliphatic hydroxyl groups excluding tert-OH is 1. The van der Waals surface area contributed by atoms with E-state index >= 15 is 0 Å². The van der Waals surface area contributed by atoms with Crippen molar-refractivity contribution in [3.8, 4) is 11.5 Å². The lowest BCUT2D eigenvalue weighted by molar-refractivity contribution is 0.0803. The second-order valence-electron chi connectivity index (χ2n) is 16.4. The number of phenols is 2. The van der Waals surface area contributed by atoms with E-state index in [2.05, 4.69) is 59.7 Å². The van der Waals surface area contributed by atoms with E-state index in [1.165, 1.54) is 5.56 Å². The summed E-state index contributed by atoms with van der Waals surface area (Å²) in [4.78, 5) is 0. The molecule has 3 N–H and O–H groups in total. The average molecular weight is 753 g/mol. The van der Waals surface area contributed by atoms with Crippen LogP contribution in [0.15, 0.2) is 42.5 Å².